The van der Waals surface area contributed by atoms with E-state index in [9.17, 15) is 9.90 Å². The number of benzene rings is 1. The zero-order chi connectivity index (χ0) is 24.2. The van der Waals surface area contributed by atoms with Crippen LogP contribution in [0.5, 0.6) is 0 Å². The molecule has 5 heteroatoms. The Morgan fingerprint density at radius 2 is 2.00 bits per heavy atom. The van der Waals surface area contributed by atoms with Crippen molar-refractivity contribution < 1.29 is 9.90 Å². The minimum absolute atomic E-state index is 0.485. The molecule has 0 radical (unpaired) electrons. The number of allylic oxidation sites excluding steroid dienone is 6. The second kappa shape index (κ2) is 10.1. The van der Waals surface area contributed by atoms with E-state index in [2.05, 4.69) is 59.2 Å². The summed E-state index contributed by atoms with van der Waals surface area (Å²) in [5.74, 6) is -0.799. The Hall–Kier alpha value is -3.96. The number of aryl methyl sites for hydroxylation is 1. The summed E-state index contributed by atoms with van der Waals surface area (Å²) in [7, 11) is 0. The number of rotatable bonds is 4. The first-order valence-corrected chi connectivity index (χ1v) is 12.0. The third kappa shape index (κ3) is 5.10. The fourth-order valence-corrected chi connectivity index (χ4v) is 4.74. The SMILES string of the molecule is Cc1cccc(C2=C(c3ccc4c(c3)=CC(C3=CCCN[C@@H](C(=O)O)C3)=CCC=4)C=CC=CN2)n1. The van der Waals surface area contributed by atoms with E-state index in [1.165, 1.54) is 5.22 Å². The highest BCUT2D eigenvalue weighted by atomic mass is 16.4. The number of nitrogens with zero attached hydrogens (tertiary/aromatic N) is 1. The average Bonchev–Trinajstić information content (AvgIpc) is 3.33. The lowest BCUT2D eigenvalue weighted by atomic mass is 9.96. The van der Waals surface area contributed by atoms with Crippen LogP contribution in [-0.2, 0) is 4.79 Å². The monoisotopic (exact) mass is 463 g/mol. The van der Waals surface area contributed by atoms with E-state index in [1.807, 2.05) is 43.5 Å². The van der Waals surface area contributed by atoms with Gasteiger partial charge in [0.25, 0.3) is 0 Å². The molecule has 1 aromatic heterocycles. The highest BCUT2D eigenvalue weighted by Gasteiger charge is 2.21. The van der Waals surface area contributed by atoms with Crippen molar-refractivity contribution in [1.29, 1.82) is 0 Å². The minimum atomic E-state index is -0.799. The Morgan fingerprint density at radius 1 is 1.09 bits per heavy atom. The van der Waals surface area contributed by atoms with Crippen molar-refractivity contribution in [3.63, 3.8) is 0 Å². The van der Waals surface area contributed by atoms with E-state index >= 15 is 0 Å². The van der Waals surface area contributed by atoms with Crippen molar-refractivity contribution in [3.05, 3.63) is 112 Å². The number of hydrogen-bond acceptors (Lipinski definition) is 4. The van der Waals surface area contributed by atoms with Gasteiger partial charge < -0.3 is 15.7 Å². The third-order valence-corrected chi connectivity index (χ3v) is 6.51. The molecule has 3 N–H and O–H groups in total. The zero-order valence-corrected chi connectivity index (χ0v) is 19.8. The molecule has 35 heavy (non-hydrogen) atoms. The van der Waals surface area contributed by atoms with Crippen molar-refractivity contribution in [2.45, 2.75) is 32.2 Å². The van der Waals surface area contributed by atoms with E-state index in [4.69, 9.17) is 4.98 Å². The summed E-state index contributed by atoms with van der Waals surface area (Å²) in [6.45, 7) is 2.68. The summed E-state index contributed by atoms with van der Waals surface area (Å²) < 4.78 is 0. The first kappa shape index (κ1) is 22.8. The van der Waals surface area contributed by atoms with Gasteiger partial charge in [-0.1, -0.05) is 48.6 Å². The number of hydrogen-bond donors (Lipinski definition) is 3. The van der Waals surface area contributed by atoms with E-state index in [0.29, 0.717) is 13.0 Å². The molecule has 0 fully saturated rings. The van der Waals surface area contributed by atoms with Crippen LogP contribution in [-0.4, -0.2) is 28.6 Å². The predicted octanol–water partition coefficient (Wildman–Crippen LogP) is 3.59. The predicted molar refractivity (Wildman–Crippen MR) is 141 cm³/mol. The number of pyridine rings is 1. The smallest absolute Gasteiger partial charge is 0.321 e. The highest BCUT2D eigenvalue weighted by Crippen LogP contribution is 2.26. The van der Waals surface area contributed by atoms with Crippen LogP contribution in [0.25, 0.3) is 23.4 Å². The molecule has 176 valence electrons. The van der Waals surface area contributed by atoms with Crippen LogP contribution in [0.3, 0.4) is 0 Å². The molecule has 3 heterocycles. The molecule has 5 rings (SSSR count). The number of fused-ring (bicyclic) bond motifs is 1. The van der Waals surface area contributed by atoms with E-state index in [1.54, 1.807) is 0 Å². The Balaban J connectivity index is 1.59. The van der Waals surface area contributed by atoms with Gasteiger partial charge in [0.2, 0.25) is 0 Å². The zero-order valence-electron chi connectivity index (χ0n) is 19.8. The molecule has 2 aromatic rings. The van der Waals surface area contributed by atoms with E-state index < -0.39 is 12.0 Å². The lowest BCUT2D eigenvalue weighted by Gasteiger charge is -2.14. The van der Waals surface area contributed by atoms with Crippen LogP contribution < -0.4 is 21.1 Å². The van der Waals surface area contributed by atoms with Gasteiger partial charge in [-0.15, -0.1) is 0 Å². The van der Waals surface area contributed by atoms with Gasteiger partial charge in [0, 0.05) is 17.5 Å². The van der Waals surface area contributed by atoms with Crippen LogP contribution in [0.2, 0.25) is 0 Å². The fourth-order valence-electron chi connectivity index (χ4n) is 4.74. The maximum atomic E-state index is 11.7. The van der Waals surface area contributed by atoms with Gasteiger partial charge in [0.1, 0.15) is 6.04 Å². The molecule has 0 spiro atoms. The molecule has 0 bridgehead atoms. The summed E-state index contributed by atoms with van der Waals surface area (Å²) in [5, 5.41) is 18.4. The van der Waals surface area contributed by atoms with Crippen LogP contribution >= 0.6 is 0 Å². The van der Waals surface area contributed by atoms with E-state index in [-0.39, 0.29) is 0 Å². The molecule has 0 amide bonds. The van der Waals surface area contributed by atoms with Crippen LogP contribution in [0.15, 0.2) is 84.1 Å². The van der Waals surface area contributed by atoms with Crippen LogP contribution in [0.1, 0.15) is 36.2 Å². The minimum Gasteiger partial charge on any atom is -0.480 e. The normalized spacial score (nSPS) is 19.6. The summed E-state index contributed by atoms with van der Waals surface area (Å²) >= 11 is 0. The van der Waals surface area contributed by atoms with Gasteiger partial charge in [-0.2, -0.15) is 0 Å². The number of carboxylic acids is 1. The lowest BCUT2D eigenvalue weighted by Crippen LogP contribution is -2.36. The Bertz CT molecular complexity index is 1440. The molecular formula is C30H29N3O2. The van der Waals surface area contributed by atoms with Gasteiger partial charge in [-0.05, 0) is 90.2 Å². The Morgan fingerprint density at radius 3 is 2.86 bits per heavy atom. The summed E-state index contributed by atoms with van der Waals surface area (Å²) in [4.78, 5) is 16.4. The Kier molecular flexibility index (Phi) is 6.59. The molecule has 3 aliphatic rings. The van der Waals surface area contributed by atoms with E-state index in [0.717, 1.165) is 57.4 Å². The van der Waals surface area contributed by atoms with Gasteiger partial charge >= 0.3 is 5.97 Å². The topological polar surface area (TPSA) is 74.2 Å². The molecule has 0 saturated heterocycles. The van der Waals surface area contributed by atoms with Crippen LogP contribution in [0, 0.1) is 6.92 Å². The van der Waals surface area contributed by atoms with Crippen molar-refractivity contribution in [2.75, 3.05) is 6.54 Å². The van der Waals surface area contributed by atoms with Crippen molar-refractivity contribution in [2.24, 2.45) is 0 Å². The highest BCUT2D eigenvalue weighted by molar-refractivity contribution is 5.95. The summed E-state index contributed by atoms with van der Waals surface area (Å²) in [6.07, 6.45) is 19.0. The van der Waals surface area contributed by atoms with Gasteiger partial charge in [-0.25, -0.2) is 0 Å². The van der Waals surface area contributed by atoms with Crippen LogP contribution in [0.4, 0.5) is 0 Å². The van der Waals surface area contributed by atoms with Gasteiger partial charge in [0.15, 0.2) is 0 Å². The largest absolute Gasteiger partial charge is 0.480 e. The quantitative estimate of drug-likeness (QED) is 0.646. The third-order valence-electron chi connectivity index (χ3n) is 6.51. The average molecular weight is 464 g/mol. The number of carboxylic acid groups (broad SMARTS) is 1. The molecular weight excluding hydrogens is 434 g/mol. The molecule has 5 nitrogen and oxygen atoms in total. The first-order chi connectivity index (χ1) is 17.1. The number of nitrogens with one attached hydrogen (secondary N) is 2. The lowest BCUT2D eigenvalue weighted by molar-refractivity contribution is -0.139. The molecule has 1 aromatic carbocycles. The molecule has 1 aliphatic carbocycles. The summed E-state index contributed by atoms with van der Waals surface area (Å²) in [6, 6.07) is 12.0. The maximum absolute atomic E-state index is 11.7. The molecule has 0 unspecified atom stereocenters. The van der Waals surface area contributed by atoms with Gasteiger partial charge in [-0.3, -0.25) is 9.78 Å². The second-order valence-corrected chi connectivity index (χ2v) is 8.97. The first-order valence-electron chi connectivity index (χ1n) is 12.0. The van der Waals surface area contributed by atoms with Crippen molar-refractivity contribution in [1.82, 2.24) is 15.6 Å². The maximum Gasteiger partial charge on any atom is 0.321 e. The van der Waals surface area contributed by atoms with Gasteiger partial charge in [0.05, 0.1) is 11.4 Å². The number of aromatic nitrogens is 1. The van der Waals surface area contributed by atoms with Crippen molar-refractivity contribution in [3.8, 4) is 0 Å². The standard InChI is InChI=1S/C30H29N3O2/c1-20-7-4-12-27(33-20)29-26(11-2-3-15-32-29)24-14-13-21-8-5-9-22(17-25(21)18-24)23-10-6-16-31-28(19-23)30(34)35/h2-4,7-15,17-18,28,31-32H,5-6,16,19H2,1H3,(H,34,35)/t28-/m1/s1. The van der Waals surface area contributed by atoms with Crippen molar-refractivity contribution >= 4 is 29.4 Å². The second-order valence-electron chi connectivity index (χ2n) is 8.97. The molecule has 1 atom stereocenters. The number of aliphatic carboxylic acids is 1. The molecule has 0 saturated carbocycles. The molecule has 2 aliphatic heterocycles. The summed E-state index contributed by atoms with van der Waals surface area (Å²) in [5.41, 5.74) is 7.21. The number of carbonyl (C=O) groups is 1. The Labute approximate surface area is 205 Å². The fraction of sp³-hybridized carbons (Fsp3) is 0.200.